The van der Waals surface area contributed by atoms with Crippen molar-refractivity contribution in [2.45, 2.75) is 12.5 Å². The average Bonchev–Trinajstić information content (AvgIpc) is 2.60. The lowest BCUT2D eigenvalue weighted by molar-refractivity contribution is -0.124. The van der Waals surface area contributed by atoms with E-state index in [9.17, 15) is 9.59 Å². The Labute approximate surface area is 139 Å². The quantitative estimate of drug-likeness (QED) is 0.878. The average molecular weight is 326 g/mol. The van der Waals surface area contributed by atoms with Crippen molar-refractivity contribution in [3.05, 3.63) is 54.1 Å². The van der Waals surface area contributed by atoms with E-state index in [-0.39, 0.29) is 24.8 Å². The smallest absolute Gasteiger partial charge is 0.267 e. The van der Waals surface area contributed by atoms with Gasteiger partial charge in [0, 0.05) is 0 Å². The Morgan fingerprint density at radius 3 is 2.71 bits per heavy atom. The van der Waals surface area contributed by atoms with Gasteiger partial charge >= 0.3 is 0 Å². The van der Waals surface area contributed by atoms with Gasteiger partial charge in [0.15, 0.2) is 6.10 Å². The van der Waals surface area contributed by atoms with E-state index in [1.54, 1.807) is 31.4 Å². The highest BCUT2D eigenvalue weighted by molar-refractivity contribution is 5.98. The second-order valence-electron chi connectivity index (χ2n) is 5.42. The summed E-state index contributed by atoms with van der Waals surface area (Å²) in [4.78, 5) is 24.0. The molecule has 0 radical (unpaired) electrons. The molecular weight excluding hydrogens is 308 g/mol. The standard InChI is InChI=1S/C18H18N2O4/c1-23-13-8-6-12(7-9-13)10-17(21)19-11-16-18(22)20-14-4-2-3-5-15(14)24-16/h2-9,16H,10-11H2,1H3,(H,19,21)(H,20,22). The Bertz CT molecular complexity index is 743. The third-order valence-corrected chi connectivity index (χ3v) is 3.71. The van der Waals surface area contributed by atoms with Crippen LogP contribution >= 0.6 is 0 Å². The molecule has 1 aliphatic rings. The van der Waals surface area contributed by atoms with E-state index < -0.39 is 6.10 Å². The van der Waals surface area contributed by atoms with Crippen LogP contribution in [0.5, 0.6) is 11.5 Å². The van der Waals surface area contributed by atoms with Gasteiger partial charge < -0.3 is 20.1 Å². The molecule has 0 aromatic heterocycles. The molecule has 124 valence electrons. The van der Waals surface area contributed by atoms with Crippen molar-refractivity contribution in [3.8, 4) is 11.5 Å². The predicted molar refractivity (Wildman–Crippen MR) is 89.2 cm³/mol. The fourth-order valence-electron chi connectivity index (χ4n) is 2.42. The fourth-order valence-corrected chi connectivity index (χ4v) is 2.42. The largest absolute Gasteiger partial charge is 0.497 e. The first kappa shape index (κ1) is 15.9. The van der Waals surface area contributed by atoms with Gasteiger partial charge in [0.1, 0.15) is 11.5 Å². The molecule has 0 saturated carbocycles. The van der Waals surface area contributed by atoms with Crippen LogP contribution in [0.2, 0.25) is 0 Å². The highest BCUT2D eigenvalue weighted by Crippen LogP contribution is 2.28. The third-order valence-electron chi connectivity index (χ3n) is 3.71. The SMILES string of the molecule is COc1ccc(CC(=O)NCC2Oc3ccccc3NC2=O)cc1. The highest BCUT2D eigenvalue weighted by Gasteiger charge is 2.27. The number of methoxy groups -OCH3 is 1. The first-order chi connectivity index (χ1) is 11.7. The third kappa shape index (κ3) is 3.65. The Morgan fingerprint density at radius 1 is 1.21 bits per heavy atom. The monoisotopic (exact) mass is 326 g/mol. The maximum Gasteiger partial charge on any atom is 0.267 e. The number of benzene rings is 2. The lowest BCUT2D eigenvalue weighted by atomic mass is 10.1. The van der Waals surface area contributed by atoms with Gasteiger partial charge in [0.25, 0.3) is 5.91 Å². The molecule has 2 N–H and O–H groups in total. The van der Waals surface area contributed by atoms with Gasteiger partial charge in [-0.25, -0.2) is 0 Å². The molecule has 1 aliphatic heterocycles. The summed E-state index contributed by atoms with van der Waals surface area (Å²) in [5.74, 6) is 0.908. The number of hydrogen-bond acceptors (Lipinski definition) is 4. The summed E-state index contributed by atoms with van der Waals surface area (Å²) in [6.45, 7) is 0.120. The number of para-hydroxylation sites is 2. The minimum atomic E-state index is -0.736. The van der Waals surface area contributed by atoms with Crippen LogP contribution in [0, 0.1) is 0 Å². The molecule has 2 aromatic rings. The molecule has 0 bridgehead atoms. The van der Waals surface area contributed by atoms with E-state index in [1.165, 1.54) is 0 Å². The number of carbonyl (C=O) groups excluding carboxylic acids is 2. The number of ether oxygens (including phenoxy) is 2. The normalized spacial score (nSPS) is 15.7. The summed E-state index contributed by atoms with van der Waals surface area (Å²) in [6.07, 6.45) is -0.505. The second-order valence-corrected chi connectivity index (χ2v) is 5.42. The summed E-state index contributed by atoms with van der Waals surface area (Å²) in [6, 6.07) is 14.5. The van der Waals surface area contributed by atoms with Crippen molar-refractivity contribution in [1.29, 1.82) is 0 Å². The lowest BCUT2D eigenvalue weighted by Crippen LogP contribution is -2.45. The van der Waals surface area contributed by atoms with Crippen LogP contribution < -0.4 is 20.1 Å². The van der Waals surface area contributed by atoms with Gasteiger partial charge in [0.2, 0.25) is 5.91 Å². The van der Waals surface area contributed by atoms with E-state index in [2.05, 4.69) is 10.6 Å². The Balaban J connectivity index is 1.53. The molecule has 6 heteroatoms. The van der Waals surface area contributed by atoms with Crippen molar-refractivity contribution >= 4 is 17.5 Å². The van der Waals surface area contributed by atoms with Crippen molar-refractivity contribution in [1.82, 2.24) is 5.32 Å². The van der Waals surface area contributed by atoms with Gasteiger partial charge in [-0.3, -0.25) is 9.59 Å². The van der Waals surface area contributed by atoms with Crippen molar-refractivity contribution in [3.63, 3.8) is 0 Å². The Morgan fingerprint density at radius 2 is 1.96 bits per heavy atom. The van der Waals surface area contributed by atoms with Crippen LogP contribution in [-0.4, -0.2) is 31.6 Å². The maximum absolute atomic E-state index is 12.0. The molecule has 0 fully saturated rings. The van der Waals surface area contributed by atoms with E-state index in [0.717, 1.165) is 11.3 Å². The molecule has 0 aliphatic carbocycles. The van der Waals surface area contributed by atoms with Crippen molar-refractivity contribution in [2.24, 2.45) is 0 Å². The summed E-state index contributed by atoms with van der Waals surface area (Å²) in [7, 11) is 1.59. The maximum atomic E-state index is 12.0. The molecule has 3 rings (SSSR count). The fraction of sp³-hybridized carbons (Fsp3) is 0.222. The van der Waals surface area contributed by atoms with Crippen LogP contribution in [0.25, 0.3) is 0 Å². The molecule has 0 saturated heterocycles. The number of fused-ring (bicyclic) bond motifs is 1. The van der Waals surface area contributed by atoms with Crippen molar-refractivity contribution in [2.75, 3.05) is 19.0 Å². The minimum Gasteiger partial charge on any atom is -0.497 e. The summed E-state index contributed by atoms with van der Waals surface area (Å²) in [5, 5.41) is 5.50. The van der Waals surface area contributed by atoms with Crippen LogP contribution in [0.3, 0.4) is 0 Å². The molecule has 6 nitrogen and oxygen atoms in total. The van der Waals surface area contributed by atoms with Gasteiger partial charge in [-0.15, -0.1) is 0 Å². The predicted octanol–water partition coefficient (Wildman–Crippen LogP) is 1.75. The first-order valence-electron chi connectivity index (χ1n) is 7.62. The van der Waals surface area contributed by atoms with Crippen LogP contribution in [-0.2, 0) is 16.0 Å². The molecule has 1 atom stereocenters. The topological polar surface area (TPSA) is 76.7 Å². The van der Waals surface area contributed by atoms with Crippen LogP contribution in [0.15, 0.2) is 48.5 Å². The lowest BCUT2D eigenvalue weighted by Gasteiger charge is -2.25. The number of hydrogen-bond donors (Lipinski definition) is 2. The number of nitrogens with one attached hydrogen (secondary N) is 2. The van der Waals surface area contributed by atoms with Gasteiger partial charge in [-0.1, -0.05) is 24.3 Å². The van der Waals surface area contributed by atoms with E-state index in [1.807, 2.05) is 24.3 Å². The zero-order chi connectivity index (χ0) is 16.9. The summed E-state index contributed by atoms with van der Waals surface area (Å²) in [5.41, 5.74) is 1.51. The Kier molecular flexibility index (Phi) is 4.65. The van der Waals surface area contributed by atoms with E-state index in [4.69, 9.17) is 9.47 Å². The van der Waals surface area contributed by atoms with Crippen LogP contribution in [0.4, 0.5) is 5.69 Å². The highest BCUT2D eigenvalue weighted by atomic mass is 16.5. The molecule has 24 heavy (non-hydrogen) atoms. The Hall–Kier alpha value is -3.02. The second kappa shape index (κ2) is 7.04. The number of rotatable bonds is 5. The molecule has 0 spiro atoms. The molecule has 1 unspecified atom stereocenters. The van der Waals surface area contributed by atoms with Gasteiger partial charge in [-0.2, -0.15) is 0 Å². The molecule has 2 aromatic carbocycles. The molecule has 2 amide bonds. The van der Waals surface area contributed by atoms with Gasteiger partial charge in [-0.05, 0) is 29.8 Å². The summed E-state index contributed by atoms with van der Waals surface area (Å²) < 4.78 is 10.7. The molecule has 1 heterocycles. The number of anilines is 1. The van der Waals surface area contributed by atoms with E-state index in [0.29, 0.717) is 11.4 Å². The number of carbonyl (C=O) groups is 2. The first-order valence-corrected chi connectivity index (χ1v) is 7.62. The van der Waals surface area contributed by atoms with Gasteiger partial charge in [0.05, 0.1) is 25.8 Å². The minimum absolute atomic E-state index is 0.120. The number of amides is 2. The summed E-state index contributed by atoms with van der Waals surface area (Å²) >= 11 is 0. The zero-order valence-electron chi connectivity index (χ0n) is 13.2. The van der Waals surface area contributed by atoms with E-state index >= 15 is 0 Å². The molecular formula is C18H18N2O4. The zero-order valence-corrected chi connectivity index (χ0v) is 13.2. The van der Waals surface area contributed by atoms with Crippen molar-refractivity contribution < 1.29 is 19.1 Å². The van der Waals surface area contributed by atoms with Crippen LogP contribution in [0.1, 0.15) is 5.56 Å².